The first-order valence-electron chi connectivity index (χ1n) is 24.4. The molecule has 0 aliphatic heterocycles. The minimum atomic E-state index is -1.38. The zero-order chi connectivity index (χ0) is 49.8. The van der Waals surface area contributed by atoms with Gasteiger partial charge in [-0.2, -0.15) is 0 Å². The van der Waals surface area contributed by atoms with Gasteiger partial charge < -0.3 is 28.8 Å². The van der Waals surface area contributed by atoms with E-state index in [1.54, 1.807) is 13.8 Å². The van der Waals surface area contributed by atoms with E-state index >= 15 is 0 Å². The second kappa shape index (κ2) is 27.3. The Bertz CT molecular complexity index is 2160. The number of aliphatic hydroxyl groups excluding tert-OH is 1. The first kappa shape index (κ1) is 54.9. The topological polar surface area (TPSA) is 135 Å². The smallest absolute Gasteiger partial charge is 0.333 e. The van der Waals surface area contributed by atoms with Gasteiger partial charge in [0.15, 0.2) is 0 Å². The number of esters is 4. The Labute approximate surface area is 405 Å². The van der Waals surface area contributed by atoms with Gasteiger partial charge in [0, 0.05) is 22.3 Å². The third-order valence-corrected chi connectivity index (χ3v) is 12.7. The first-order valence-corrected chi connectivity index (χ1v) is 24.4. The van der Waals surface area contributed by atoms with Crippen molar-refractivity contribution in [1.82, 2.24) is 0 Å². The van der Waals surface area contributed by atoms with Gasteiger partial charge in [-0.1, -0.05) is 108 Å². The Morgan fingerprint density at radius 2 is 1.07 bits per heavy atom. The lowest BCUT2D eigenvalue weighted by Crippen LogP contribution is -2.43. The fourth-order valence-electron chi connectivity index (χ4n) is 8.50. The molecule has 68 heavy (non-hydrogen) atoms. The minimum absolute atomic E-state index is 0.129. The van der Waals surface area contributed by atoms with Crippen LogP contribution >= 0.6 is 0 Å². The first-order chi connectivity index (χ1) is 32.5. The standard InChI is InChI=1S/C58H76O10/c1-11-13-14-17-43-20-22-45(23-21-43)46-24-26-47(27-25-46)48-28-29-52(44(12-2)32-48)51-33-49(18-15-30-64-54(60)39(3)4)53(50(34-51)19-16-31-65-55(61)40(5)6)66-36-58(35-59,37-67-56(62)41(7)8)38-68-57(63)42(9)10/h24-29,32-34,43,45,59H,3,5,7,9,11-23,30-31,35-38H2,1-2,4,6,8,10H3. The van der Waals surface area contributed by atoms with Crippen LogP contribution in [0.15, 0.2) is 103 Å². The molecule has 0 spiro atoms. The Morgan fingerprint density at radius 3 is 1.54 bits per heavy atom. The number of aryl methyl sites for hydroxylation is 3. The molecular weight excluding hydrogens is 857 g/mol. The summed E-state index contributed by atoms with van der Waals surface area (Å²) in [6.07, 6.45) is 13.0. The maximum atomic E-state index is 12.6. The van der Waals surface area contributed by atoms with Gasteiger partial charge in [0.1, 0.15) is 25.6 Å². The van der Waals surface area contributed by atoms with E-state index in [4.69, 9.17) is 23.7 Å². The molecule has 0 amide bonds. The van der Waals surface area contributed by atoms with Crippen LogP contribution in [0.1, 0.15) is 134 Å². The number of carbonyl (C=O) groups excluding carboxylic acids is 4. The van der Waals surface area contributed by atoms with Crippen LogP contribution in [0.25, 0.3) is 22.3 Å². The lowest BCUT2D eigenvalue weighted by atomic mass is 9.77. The Hall–Kier alpha value is -5.74. The molecule has 0 aromatic heterocycles. The highest BCUT2D eigenvalue weighted by atomic mass is 16.6. The summed E-state index contributed by atoms with van der Waals surface area (Å²) in [6, 6.07) is 19.9. The normalized spacial score (nSPS) is 14.6. The zero-order valence-electron chi connectivity index (χ0n) is 41.7. The molecule has 0 radical (unpaired) electrons. The lowest BCUT2D eigenvalue weighted by molar-refractivity contribution is -0.153. The van der Waals surface area contributed by atoms with Crippen molar-refractivity contribution in [3.8, 4) is 28.0 Å². The summed E-state index contributed by atoms with van der Waals surface area (Å²) in [5.74, 6) is -0.320. The average molecular weight is 933 g/mol. The van der Waals surface area contributed by atoms with Crippen molar-refractivity contribution >= 4 is 23.9 Å². The molecule has 0 heterocycles. The second-order valence-electron chi connectivity index (χ2n) is 18.9. The summed E-state index contributed by atoms with van der Waals surface area (Å²) in [5.41, 5.74) is 8.00. The van der Waals surface area contributed by atoms with Gasteiger partial charge >= 0.3 is 23.9 Å². The molecule has 0 atom stereocenters. The van der Waals surface area contributed by atoms with Crippen molar-refractivity contribution in [2.45, 2.75) is 131 Å². The van der Waals surface area contributed by atoms with E-state index < -0.39 is 35.9 Å². The molecule has 0 bridgehead atoms. The van der Waals surface area contributed by atoms with Crippen LogP contribution in [-0.2, 0) is 57.4 Å². The summed E-state index contributed by atoms with van der Waals surface area (Å²) in [5, 5.41) is 10.9. The highest BCUT2D eigenvalue weighted by molar-refractivity contribution is 5.88. The van der Waals surface area contributed by atoms with E-state index in [-0.39, 0.29) is 44.2 Å². The molecule has 4 rings (SSSR count). The van der Waals surface area contributed by atoms with Crippen molar-refractivity contribution < 1.29 is 48.0 Å². The molecule has 1 saturated carbocycles. The van der Waals surface area contributed by atoms with E-state index in [9.17, 15) is 24.3 Å². The van der Waals surface area contributed by atoms with Gasteiger partial charge in [-0.25, -0.2) is 19.2 Å². The molecule has 1 fully saturated rings. The molecule has 1 aliphatic carbocycles. The highest BCUT2D eigenvalue weighted by Crippen LogP contribution is 2.40. The maximum Gasteiger partial charge on any atom is 0.333 e. The van der Waals surface area contributed by atoms with Crippen LogP contribution in [0.3, 0.4) is 0 Å². The van der Waals surface area contributed by atoms with Gasteiger partial charge in [-0.3, -0.25) is 0 Å². The predicted octanol–water partition coefficient (Wildman–Crippen LogP) is 12.1. The molecule has 3 aromatic carbocycles. The second-order valence-corrected chi connectivity index (χ2v) is 18.9. The average Bonchev–Trinajstić information content (AvgIpc) is 3.33. The molecule has 0 unspecified atom stereocenters. The Morgan fingerprint density at radius 1 is 0.588 bits per heavy atom. The number of unbranched alkanes of at least 4 members (excludes halogenated alkanes) is 2. The molecule has 10 heteroatoms. The fourth-order valence-corrected chi connectivity index (χ4v) is 8.50. The monoisotopic (exact) mass is 933 g/mol. The van der Waals surface area contributed by atoms with Gasteiger partial charge in [0.25, 0.3) is 0 Å². The Balaban J connectivity index is 1.74. The third-order valence-electron chi connectivity index (χ3n) is 12.7. The Kier molecular flexibility index (Phi) is 22.0. The van der Waals surface area contributed by atoms with Crippen molar-refractivity contribution in [3.05, 3.63) is 125 Å². The number of ether oxygens (including phenoxy) is 5. The number of hydrogen-bond acceptors (Lipinski definition) is 10. The van der Waals surface area contributed by atoms with Crippen LogP contribution < -0.4 is 4.74 Å². The van der Waals surface area contributed by atoms with Crippen LogP contribution in [0.2, 0.25) is 0 Å². The zero-order valence-corrected chi connectivity index (χ0v) is 41.7. The maximum absolute atomic E-state index is 12.6. The predicted molar refractivity (Wildman–Crippen MR) is 270 cm³/mol. The summed E-state index contributed by atoms with van der Waals surface area (Å²) >= 11 is 0. The molecule has 1 aliphatic rings. The van der Waals surface area contributed by atoms with Crippen molar-refractivity contribution in [2.75, 3.05) is 39.6 Å². The number of hydrogen-bond donors (Lipinski definition) is 1. The van der Waals surface area contributed by atoms with Gasteiger partial charge in [-0.15, -0.1) is 0 Å². The number of rotatable bonds is 28. The summed E-state index contributed by atoms with van der Waals surface area (Å²) in [6.45, 7) is 24.1. The van der Waals surface area contributed by atoms with E-state index in [0.29, 0.717) is 48.5 Å². The van der Waals surface area contributed by atoms with Gasteiger partial charge in [0.2, 0.25) is 0 Å². The quantitative estimate of drug-likeness (QED) is 0.0324. The van der Waals surface area contributed by atoms with Gasteiger partial charge in [-0.05, 0) is 154 Å². The van der Waals surface area contributed by atoms with Crippen molar-refractivity contribution in [2.24, 2.45) is 11.3 Å². The number of carbonyl (C=O) groups is 4. The van der Waals surface area contributed by atoms with Crippen molar-refractivity contribution in [3.63, 3.8) is 0 Å². The minimum Gasteiger partial charge on any atom is -0.492 e. The SMILES string of the molecule is C=C(C)C(=O)OCCCc1cc(-c2ccc(-c3ccc(C4CCC(CCCCC)CC4)cc3)cc2CC)cc(CCCOC(=O)C(=C)C)c1OCC(CO)(COC(=O)C(=C)C)COC(=O)C(=C)C. The molecule has 10 nitrogen and oxygen atoms in total. The van der Waals surface area contributed by atoms with Crippen molar-refractivity contribution in [1.29, 1.82) is 0 Å². The van der Waals surface area contributed by atoms with Crippen LogP contribution in [-0.4, -0.2) is 68.6 Å². The van der Waals surface area contributed by atoms with E-state index in [0.717, 1.165) is 51.3 Å². The lowest BCUT2D eigenvalue weighted by Gasteiger charge is -2.31. The largest absolute Gasteiger partial charge is 0.492 e. The van der Waals surface area contributed by atoms with Crippen LogP contribution in [0, 0.1) is 11.3 Å². The summed E-state index contributed by atoms with van der Waals surface area (Å²) in [4.78, 5) is 49.9. The molecular formula is C58H76O10. The van der Waals surface area contributed by atoms with E-state index in [1.807, 2.05) is 0 Å². The molecule has 3 aromatic rings. The van der Waals surface area contributed by atoms with Crippen LogP contribution in [0.5, 0.6) is 5.75 Å². The highest BCUT2D eigenvalue weighted by Gasteiger charge is 2.36. The van der Waals surface area contributed by atoms with E-state index in [1.165, 1.54) is 70.8 Å². The summed E-state index contributed by atoms with van der Waals surface area (Å²) < 4.78 is 28.8. The van der Waals surface area contributed by atoms with Crippen LogP contribution in [0.4, 0.5) is 0 Å². The molecule has 0 saturated heterocycles. The molecule has 1 N–H and O–H groups in total. The number of benzene rings is 3. The summed E-state index contributed by atoms with van der Waals surface area (Å²) in [7, 11) is 0. The number of aliphatic hydroxyl groups is 1. The molecule has 368 valence electrons. The van der Waals surface area contributed by atoms with Gasteiger partial charge in [0.05, 0.1) is 25.2 Å². The van der Waals surface area contributed by atoms with E-state index in [2.05, 4.69) is 94.8 Å². The third kappa shape index (κ3) is 16.5. The fraction of sp³-hybridized carbons (Fsp3) is 0.483.